The topological polar surface area (TPSA) is 36.0 Å². The monoisotopic (exact) mass is 295 g/mol. The highest BCUT2D eigenvalue weighted by Gasteiger charge is 2.42. The van der Waals surface area contributed by atoms with Crippen molar-refractivity contribution in [2.45, 2.75) is 44.2 Å². The molecule has 1 aliphatic carbocycles. The van der Waals surface area contributed by atoms with E-state index in [4.69, 9.17) is 4.74 Å². The van der Waals surface area contributed by atoms with Crippen LogP contribution < -0.4 is 0 Å². The van der Waals surface area contributed by atoms with Crippen LogP contribution in [0.15, 0.2) is 0 Å². The largest absolute Gasteiger partial charge is 0.363 e. The van der Waals surface area contributed by atoms with E-state index in [0.717, 1.165) is 38.8 Å². The van der Waals surface area contributed by atoms with Crippen LogP contribution in [0.1, 0.15) is 32.6 Å². The molecule has 0 bridgehead atoms. The molecular formula is C16H29N3O2. The second-order valence-corrected chi connectivity index (χ2v) is 7.08. The van der Waals surface area contributed by atoms with Gasteiger partial charge in [-0.25, -0.2) is 0 Å². The Balaban J connectivity index is 1.54. The van der Waals surface area contributed by atoms with E-state index in [1.165, 1.54) is 25.7 Å². The zero-order valence-electron chi connectivity index (χ0n) is 13.5. The second kappa shape index (κ2) is 6.23. The number of piperazine rings is 1. The normalized spacial score (nSPS) is 33.5. The number of hydrogen-bond acceptors (Lipinski definition) is 4. The van der Waals surface area contributed by atoms with Gasteiger partial charge >= 0.3 is 0 Å². The van der Waals surface area contributed by atoms with Crippen LogP contribution in [-0.2, 0) is 9.53 Å². The highest BCUT2D eigenvalue weighted by Crippen LogP contribution is 2.25. The van der Waals surface area contributed by atoms with Gasteiger partial charge in [0.2, 0.25) is 0 Å². The number of morpholine rings is 1. The van der Waals surface area contributed by atoms with Gasteiger partial charge in [0.25, 0.3) is 5.91 Å². The van der Waals surface area contributed by atoms with Crippen molar-refractivity contribution in [2.75, 3.05) is 52.9 Å². The van der Waals surface area contributed by atoms with Crippen molar-refractivity contribution in [3.05, 3.63) is 0 Å². The Morgan fingerprint density at radius 1 is 1.10 bits per heavy atom. The molecule has 1 atom stereocenters. The van der Waals surface area contributed by atoms with Crippen molar-refractivity contribution in [3.63, 3.8) is 0 Å². The minimum Gasteiger partial charge on any atom is -0.363 e. The molecule has 120 valence electrons. The van der Waals surface area contributed by atoms with Gasteiger partial charge in [0.15, 0.2) is 5.60 Å². The fourth-order valence-corrected chi connectivity index (χ4v) is 4.09. The summed E-state index contributed by atoms with van der Waals surface area (Å²) in [6.07, 6.45) is 5.45. The molecule has 1 amide bonds. The Hall–Kier alpha value is -0.650. The van der Waals surface area contributed by atoms with Gasteiger partial charge in [0.1, 0.15) is 0 Å². The average Bonchev–Trinajstić information content (AvgIpc) is 3.00. The first kappa shape index (κ1) is 15.3. The lowest BCUT2D eigenvalue weighted by atomic mass is 10.0. The highest BCUT2D eigenvalue weighted by molar-refractivity contribution is 5.85. The van der Waals surface area contributed by atoms with E-state index >= 15 is 0 Å². The Kier molecular flexibility index (Phi) is 4.52. The first-order chi connectivity index (χ1) is 10.1. The van der Waals surface area contributed by atoms with Gasteiger partial charge in [0.05, 0.1) is 6.61 Å². The first-order valence-corrected chi connectivity index (χ1v) is 8.44. The van der Waals surface area contributed by atoms with Crippen LogP contribution in [0.3, 0.4) is 0 Å². The van der Waals surface area contributed by atoms with E-state index < -0.39 is 5.60 Å². The summed E-state index contributed by atoms with van der Waals surface area (Å²) in [5, 5.41) is 0. The molecule has 0 aromatic heterocycles. The average molecular weight is 295 g/mol. The summed E-state index contributed by atoms with van der Waals surface area (Å²) in [5.74, 6) is 0.181. The molecule has 1 saturated carbocycles. The molecule has 0 aromatic rings. The fraction of sp³-hybridized carbons (Fsp3) is 0.938. The maximum absolute atomic E-state index is 12.8. The third-order valence-electron chi connectivity index (χ3n) is 5.36. The maximum atomic E-state index is 12.8. The van der Waals surface area contributed by atoms with Crippen molar-refractivity contribution < 1.29 is 9.53 Å². The van der Waals surface area contributed by atoms with Crippen LogP contribution in [0.25, 0.3) is 0 Å². The van der Waals surface area contributed by atoms with Crippen molar-refractivity contribution in [1.82, 2.24) is 14.7 Å². The number of amides is 1. The van der Waals surface area contributed by atoms with Crippen molar-refractivity contribution >= 4 is 5.91 Å². The molecule has 2 saturated heterocycles. The van der Waals surface area contributed by atoms with Crippen LogP contribution in [0.4, 0.5) is 0 Å². The predicted molar refractivity (Wildman–Crippen MR) is 82.3 cm³/mol. The number of nitrogens with zero attached hydrogens (tertiary/aromatic N) is 3. The number of ether oxygens (including phenoxy) is 1. The van der Waals surface area contributed by atoms with Gasteiger partial charge in [-0.2, -0.15) is 0 Å². The summed E-state index contributed by atoms with van der Waals surface area (Å²) >= 11 is 0. The Morgan fingerprint density at radius 3 is 2.38 bits per heavy atom. The molecule has 0 spiro atoms. The highest BCUT2D eigenvalue weighted by atomic mass is 16.5. The van der Waals surface area contributed by atoms with Crippen LogP contribution in [0.2, 0.25) is 0 Å². The summed E-state index contributed by atoms with van der Waals surface area (Å²) in [4.78, 5) is 19.6. The fourth-order valence-electron chi connectivity index (χ4n) is 4.09. The molecule has 0 aromatic carbocycles. The quantitative estimate of drug-likeness (QED) is 0.755. The van der Waals surface area contributed by atoms with Crippen LogP contribution in [0, 0.1) is 0 Å². The molecule has 0 unspecified atom stereocenters. The number of carbonyl (C=O) groups excluding carboxylic acids is 1. The SMILES string of the molecule is CN1CCO[C@@](C)(C(=O)N2CCN(C3CCCC3)CC2)C1. The van der Waals surface area contributed by atoms with Crippen molar-refractivity contribution in [2.24, 2.45) is 0 Å². The summed E-state index contributed by atoms with van der Waals surface area (Å²) in [5.41, 5.74) is -0.650. The number of rotatable bonds is 2. The standard InChI is InChI=1S/C16H29N3O2/c1-16(13-17(2)11-12-21-16)15(20)19-9-7-18(8-10-19)14-5-3-4-6-14/h14H,3-13H2,1-2H3/t16-/m1/s1. The lowest BCUT2D eigenvalue weighted by Gasteiger charge is -2.44. The van der Waals surface area contributed by atoms with Crippen LogP contribution in [0.5, 0.6) is 0 Å². The molecule has 2 heterocycles. The van der Waals surface area contributed by atoms with E-state index in [-0.39, 0.29) is 5.91 Å². The molecular weight excluding hydrogens is 266 g/mol. The maximum Gasteiger partial charge on any atom is 0.255 e. The molecule has 3 fully saturated rings. The second-order valence-electron chi connectivity index (χ2n) is 7.08. The van der Waals surface area contributed by atoms with Crippen LogP contribution >= 0.6 is 0 Å². The smallest absolute Gasteiger partial charge is 0.255 e. The number of carbonyl (C=O) groups is 1. The van der Waals surface area contributed by atoms with E-state index in [0.29, 0.717) is 13.2 Å². The van der Waals surface area contributed by atoms with E-state index in [1.807, 2.05) is 11.8 Å². The molecule has 5 heteroatoms. The lowest BCUT2D eigenvalue weighted by Crippen LogP contribution is -2.61. The Bertz CT molecular complexity index is 376. The number of likely N-dealkylation sites (N-methyl/N-ethyl adjacent to an activating group) is 1. The minimum absolute atomic E-state index is 0.181. The molecule has 2 aliphatic heterocycles. The van der Waals surface area contributed by atoms with Gasteiger partial charge in [-0.15, -0.1) is 0 Å². The first-order valence-electron chi connectivity index (χ1n) is 8.44. The minimum atomic E-state index is -0.650. The van der Waals surface area contributed by atoms with Gasteiger partial charge < -0.3 is 14.5 Å². The third kappa shape index (κ3) is 3.25. The molecule has 3 aliphatic rings. The number of hydrogen-bond donors (Lipinski definition) is 0. The summed E-state index contributed by atoms with van der Waals surface area (Å²) in [6.45, 7) is 8.00. The van der Waals surface area contributed by atoms with E-state index in [1.54, 1.807) is 0 Å². The molecule has 3 rings (SSSR count). The summed E-state index contributed by atoms with van der Waals surface area (Å²) < 4.78 is 5.83. The predicted octanol–water partition coefficient (Wildman–Crippen LogP) is 0.794. The van der Waals surface area contributed by atoms with Crippen LogP contribution in [-0.4, -0.2) is 85.2 Å². The third-order valence-corrected chi connectivity index (χ3v) is 5.36. The van der Waals surface area contributed by atoms with E-state index in [2.05, 4.69) is 16.8 Å². The van der Waals surface area contributed by atoms with Gasteiger partial charge in [-0.3, -0.25) is 9.69 Å². The molecule has 0 radical (unpaired) electrons. The zero-order valence-corrected chi connectivity index (χ0v) is 13.5. The van der Waals surface area contributed by atoms with Gasteiger partial charge in [-0.05, 0) is 26.8 Å². The Morgan fingerprint density at radius 2 is 1.76 bits per heavy atom. The van der Waals surface area contributed by atoms with Crippen molar-refractivity contribution in [3.8, 4) is 0 Å². The Labute approximate surface area is 128 Å². The van der Waals surface area contributed by atoms with Gasteiger partial charge in [0, 0.05) is 45.3 Å². The molecule has 0 N–H and O–H groups in total. The van der Waals surface area contributed by atoms with E-state index in [9.17, 15) is 4.79 Å². The zero-order chi connectivity index (χ0) is 14.9. The van der Waals surface area contributed by atoms with Gasteiger partial charge in [-0.1, -0.05) is 12.8 Å². The molecule has 21 heavy (non-hydrogen) atoms. The molecule has 5 nitrogen and oxygen atoms in total. The summed E-state index contributed by atoms with van der Waals surface area (Å²) in [6, 6.07) is 0.773. The van der Waals surface area contributed by atoms with Crippen molar-refractivity contribution in [1.29, 1.82) is 0 Å². The lowest BCUT2D eigenvalue weighted by molar-refractivity contribution is -0.168. The summed E-state index contributed by atoms with van der Waals surface area (Å²) in [7, 11) is 2.06.